The van der Waals surface area contributed by atoms with Crippen molar-refractivity contribution in [1.29, 1.82) is 0 Å². The van der Waals surface area contributed by atoms with E-state index in [4.69, 9.17) is 4.74 Å². The average molecular weight is 660 g/mol. The van der Waals surface area contributed by atoms with Crippen LogP contribution in [0.4, 0.5) is 4.79 Å². The Morgan fingerprint density at radius 3 is 2.02 bits per heavy atom. The molecule has 0 saturated carbocycles. The Hall–Kier alpha value is -4.68. The zero-order chi connectivity index (χ0) is 33.8. The number of rotatable bonds is 9. The van der Waals surface area contributed by atoms with Gasteiger partial charge >= 0.3 is 11.8 Å². The Kier molecular flexibility index (Phi) is 10.0. The first-order valence-electron chi connectivity index (χ1n) is 15.7. The highest BCUT2D eigenvalue weighted by Crippen LogP contribution is 2.29. The van der Waals surface area contributed by atoms with Crippen LogP contribution in [-0.2, 0) is 21.3 Å². The van der Waals surface area contributed by atoms with Crippen LogP contribution in [0.15, 0.2) is 94.6 Å². The lowest BCUT2D eigenvalue weighted by Crippen LogP contribution is -2.52. The number of benzene rings is 3. The van der Waals surface area contributed by atoms with E-state index < -0.39 is 27.4 Å². The van der Waals surface area contributed by atoms with Gasteiger partial charge in [-0.25, -0.2) is 22.7 Å². The number of nitrogens with one attached hydrogen (secondary N) is 1. The van der Waals surface area contributed by atoms with Crippen molar-refractivity contribution in [2.75, 3.05) is 32.7 Å². The molecule has 1 aliphatic heterocycles. The SMILES string of the molecule is Cc1ccccc1-n1c(-c2ccccc2)c(C(=O)N2CCN(C(=O)OC(C)(C)C)CC2)n(CCCNS(=O)(=O)c2ccccc2)c1=O. The third-order valence-electron chi connectivity index (χ3n) is 7.87. The molecule has 47 heavy (non-hydrogen) atoms. The number of para-hydroxylation sites is 1. The van der Waals surface area contributed by atoms with E-state index in [9.17, 15) is 22.8 Å². The highest BCUT2D eigenvalue weighted by atomic mass is 32.2. The summed E-state index contributed by atoms with van der Waals surface area (Å²) in [5.41, 5.74) is 1.80. The lowest BCUT2D eigenvalue weighted by molar-refractivity contribution is 0.0139. The maximum atomic E-state index is 14.5. The molecule has 1 N–H and O–H groups in total. The lowest BCUT2D eigenvalue weighted by Gasteiger charge is -2.35. The van der Waals surface area contributed by atoms with Crippen molar-refractivity contribution in [2.45, 2.75) is 51.2 Å². The number of carbonyl (C=O) groups excluding carboxylic acids is 2. The number of carbonyl (C=O) groups is 2. The van der Waals surface area contributed by atoms with Gasteiger partial charge in [-0.3, -0.25) is 13.9 Å². The van der Waals surface area contributed by atoms with Gasteiger partial charge < -0.3 is 14.5 Å². The van der Waals surface area contributed by atoms with Crippen molar-refractivity contribution in [3.63, 3.8) is 0 Å². The number of hydrogen-bond acceptors (Lipinski definition) is 6. The molecule has 2 heterocycles. The fraction of sp³-hybridized carbons (Fsp3) is 0.343. The fourth-order valence-corrected chi connectivity index (χ4v) is 6.66. The smallest absolute Gasteiger partial charge is 0.410 e. The first-order valence-corrected chi connectivity index (χ1v) is 17.1. The van der Waals surface area contributed by atoms with E-state index >= 15 is 0 Å². The molecule has 1 aliphatic rings. The molecular formula is C35H41N5O6S. The summed E-state index contributed by atoms with van der Waals surface area (Å²) in [5, 5.41) is 0. The normalized spacial score (nSPS) is 13.9. The summed E-state index contributed by atoms with van der Waals surface area (Å²) >= 11 is 0. The van der Waals surface area contributed by atoms with Crippen LogP contribution in [0.25, 0.3) is 16.9 Å². The first kappa shape index (κ1) is 33.7. The molecule has 1 saturated heterocycles. The maximum Gasteiger partial charge on any atom is 0.410 e. The summed E-state index contributed by atoms with van der Waals surface area (Å²) < 4.78 is 36.8. The predicted molar refractivity (Wildman–Crippen MR) is 180 cm³/mol. The number of aromatic nitrogens is 2. The molecule has 0 atom stereocenters. The fourth-order valence-electron chi connectivity index (χ4n) is 5.56. The summed E-state index contributed by atoms with van der Waals surface area (Å²) in [6.07, 6.45) is -0.180. The van der Waals surface area contributed by atoms with Gasteiger partial charge in [0.1, 0.15) is 11.3 Å². The second-order valence-corrected chi connectivity index (χ2v) is 14.2. The molecule has 0 radical (unpaired) electrons. The van der Waals surface area contributed by atoms with E-state index in [1.807, 2.05) is 61.5 Å². The quantitative estimate of drug-likeness (QED) is 0.261. The maximum absolute atomic E-state index is 14.5. The molecule has 0 spiro atoms. The highest BCUT2D eigenvalue weighted by Gasteiger charge is 2.33. The number of amides is 2. The summed E-state index contributed by atoms with van der Waals surface area (Å²) in [7, 11) is -3.75. The van der Waals surface area contributed by atoms with Gasteiger partial charge in [0, 0.05) is 44.8 Å². The van der Waals surface area contributed by atoms with Gasteiger partial charge in [0.05, 0.1) is 16.3 Å². The second kappa shape index (κ2) is 14.0. The number of hydrogen-bond donors (Lipinski definition) is 1. The van der Waals surface area contributed by atoms with Crippen molar-refractivity contribution in [3.05, 3.63) is 107 Å². The molecular weight excluding hydrogens is 618 g/mol. The molecule has 12 heteroatoms. The van der Waals surface area contributed by atoms with Crippen molar-refractivity contribution in [3.8, 4) is 16.9 Å². The highest BCUT2D eigenvalue weighted by molar-refractivity contribution is 7.89. The third-order valence-corrected chi connectivity index (χ3v) is 9.35. The summed E-state index contributed by atoms with van der Waals surface area (Å²) in [4.78, 5) is 44.9. The molecule has 0 unspecified atom stereocenters. The van der Waals surface area contributed by atoms with E-state index in [1.165, 1.54) is 16.7 Å². The Balaban J connectivity index is 1.51. The van der Waals surface area contributed by atoms with Gasteiger partial charge in [-0.2, -0.15) is 0 Å². The van der Waals surface area contributed by atoms with Gasteiger partial charge in [-0.1, -0.05) is 66.7 Å². The number of aryl methyl sites for hydroxylation is 1. The molecule has 0 aliphatic carbocycles. The number of nitrogens with zero attached hydrogens (tertiary/aromatic N) is 4. The van der Waals surface area contributed by atoms with Crippen molar-refractivity contribution < 1.29 is 22.7 Å². The van der Waals surface area contributed by atoms with Crippen LogP contribution in [0.5, 0.6) is 0 Å². The van der Waals surface area contributed by atoms with Crippen LogP contribution in [0.2, 0.25) is 0 Å². The van der Waals surface area contributed by atoms with E-state index in [0.717, 1.165) is 5.56 Å². The zero-order valence-corrected chi connectivity index (χ0v) is 28.0. The van der Waals surface area contributed by atoms with Gasteiger partial charge in [0.25, 0.3) is 5.91 Å². The van der Waals surface area contributed by atoms with Crippen LogP contribution in [0, 0.1) is 6.92 Å². The molecule has 0 bridgehead atoms. The van der Waals surface area contributed by atoms with Crippen molar-refractivity contribution in [2.24, 2.45) is 0 Å². The van der Waals surface area contributed by atoms with Crippen molar-refractivity contribution in [1.82, 2.24) is 23.7 Å². The van der Waals surface area contributed by atoms with Crippen LogP contribution in [0.1, 0.15) is 43.2 Å². The lowest BCUT2D eigenvalue weighted by atomic mass is 10.1. The topological polar surface area (TPSA) is 123 Å². The van der Waals surface area contributed by atoms with Gasteiger partial charge in [-0.05, 0) is 57.9 Å². The largest absolute Gasteiger partial charge is 0.444 e. The Morgan fingerprint density at radius 1 is 0.830 bits per heavy atom. The molecule has 1 fully saturated rings. The number of piperazine rings is 1. The Morgan fingerprint density at radius 2 is 1.40 bits per heavy atom. The minimum Gasteiger partial charge on any atom is -0.444 e. The Labute approximate surface area is 275 Å². The molecule has 1 aromatic heterocycles. The molecule has 2 amide bonds. The third kappa shape index (κ3) is 7.66. The summed E-state index contributed by atoms with van der Waals surface area (Å²) in [6.45, 7) is 8.55. The minimum atomic E-state index is -3.75. The number of sulfonamides is 1. The van der Waals surface area contributed by atoms with Crippen LogP contribution in [-0.4, -0.2) is 77.7 Å². The molecule has 4 aromatic rings. The van der Waals surface area contributed by atoms with Crippen LogP contribution in [0.3, 0.4) is 0 Å². The van der Waals surface area contributed by atoms with Crippen LogP contribution < -0.4 is 10.4 Å². The van der Waals surface area contributed by atoms with Gasteiger partial charge in [0.15, 0.2) is 0 Å². The summed E-state index contributed by atoms with van der Waals surface area (Å²) in [5.74, 6) is -0.345. The van der Waals surface area contributed by atoms with Gasteiger partial charge in [0.2, 0.25) is 10.0 Å². The minimum absolute atomic E-state index is 0.0576. The van der Waals surface area contributed by atoms with E-state index in [1.54, 1.807) is 53.3 Å². The van der Waals surface area contributed by atoms with E-state index in [0.29, 0.717) is 16.9 Å². The standard InChI is InChI=1S/C35H41N5O6S/c1-26-14-11-12-19-29(26)40-30(27-15-7-5-8-16-27)31(32(41)37-22-24-38(25-23-37)34(43)46-35(2,3)4)39(33(40)42)21-13-20-36-47(44,45)28-17-9-6-10-18-28/h5-12,14-19,36H,13,20-25H2,1-4H3. The van der Waals surface area contributed by atoms with Crippen molar-refractivity contribution >= 4 is 22.0 Å². The molecule has 5 rings (SSSR count). The number of imidazole rings is 1. The Bertz CT molecular complexity index is 1890. The van der Waals surface area contributed by atoms with E-state index in [-0.39, 0.29) is 62.2 Å². The molecule has 11 nitrogen and oxygen atoms in total. The first-order chi connectivity index (χ1) is 22.4. The second-order valence-electron chi connectivity index (χ2n) is 12.4. The summed E-state index contributed by atoms with van der Waals surface area (Å²) in [6, 6.07) is 24.8. The molecule has 248 valence electrons. The molecule has 3 aromatic carbocycles. The monoisotopic (exact) mass is 659 g/mol. The van der Waals surface area contributed by atoms with Crippen LogP contribution >= 0.6 is 0 Å². The average Bonchev–Trinajstić information content (AvgIpc) is 3.34. The van der Waals surface area contributed by atoms with E-state index in [2.05, 4.69) is 4.72 Å². The zero-order valence-electron chi connectivity index (χ0n) is 27.2. The van der Waals surface area contributed by atoms with Gasteiger partial charge in [-0.15, -0.1) is 0 Å². The number of ether oxygens (including phenoxy) is 1. The predicted octanol–water partition coefficient (Wildman–Crippen LogP) is 4.68.